The number of piperidine rings is 1. The minimum atomic E-state index is 0.106. The number of hydrogen-bond donors (Lipinski definition) is 1. The third-order valence-corrected chi connectivity index (χ3v) is 5.22. The predicted octanol–water partition coefficient (Wildman–Crippen LogP) is 2.96. The van der Waals surface area contributed by atoms with Crippen LogP contribution in [0.5, 0.6) is 5.75 Å². The van der Waals surface area contributed by atoms with Crippen molar-refractivity contribution >= 4 is 0 Å². The Morgan fingerprint density at radius 3 is 2.55 bits per heavy atom. The van der Waals surface area contributed by atoms with Crippen molar-refractivity contribution in [2.75, 3.05) is 13.7 Å². The van der Waals surface area contributed by atoms with Gasteiger partial charge in [-0.25, -0.2) is 0 Å². The van der Waals surface area contributed by atoms with E-state index < -0.39 is 0 Å². The van der Waals surface area contributed by atoms with Gasteiger partial charge >= 0.3 is 0 Å². The fourth-order valence-corrected chi connectivity index (χ4v) is 4.04. The van der Waals surface area contributed by atoms with Gasteiger partial charge in [0.25, 0.3) is 0 Å². The zero-order valence-electron chi connectivity index (χ0n) is 12.6. The number of hydrogen-bond acceptors (Lipinski definition) is 3. The number of nitrogens with two attached hydrogens (primary N) is 1. The number of nitrogens with zero attached hydrogens (tertiary/aromatic N) is 1. The molecule has 20 heavy (non-hydrogen) atoms. The van der Waals surface area contributed by atoms with Crippen LogP contribution in [0.4, 0.5) is 0 Å². The lowest BCUT2D eigenvalue weighted by Crippen LogP contribution is -2.42. The van der Waals surface area contributed by atoms with E-state index in [1.807, 2.05) is 19.1 Å². The zero-order valence-corrected chi connectivity index (χ0v) is 12.6. The van der Waals surface area contributed by atoms with Gasteiger partial charge in [0.2, 0.25) is 0 Å². The third kappa shape index (κ3) is 2.45. The van der Waals surface area contributed by atoms with Gasteiger partial charge in [-0.1, -0.05) is 18.2 Å². The molecule has 0 aliphatic carbocycles. The minimum Gasteiger partial charge on any atom is -0.494 e. The lowest BCUT2D eigenvalue weighted by molar-refractivity contribution is 0.120. The molecule has 2 bridgehead atoms. The summed E-state index contributed by atoms with van der Waals surface area (Å²) in [5.41, 5.74) is 7.78. The van der Waals surface area contributed by atoms with Gasteiger partial charge in [-0.2, -0.15) is 0 Å². The predicted molar refractivity (Wildman–Crippen MR) is 81.8 cm³/mol. The van der Waals surface area contributed by atoms with Crippen LogP contribution in [0, 0.1) is 5.92 Å². The monoisotopic (exact) mass is 274 g/mol. The lowest BCUT2D eigenvalue weighted by atomic mass is 9.82. The highest BCUT2D eigenvalue weighted by Crippen LogP contribution is 2.43. The normalized spacial score (nSPS) is 31.2. The number of benzene rings is 1. The van der Waals surface area contributed by atoms with Crippen molar-refractivity contribution < 1.29 is 4.74 Å². The highest BCUT2D eigenvalue weighted by molar-refractivity contribution is 5.36. The first-order chi connectivity index (χ1) is 9.70. The molecule has 2 aliphatic rings. The molecule has 0 amide bonds. The maximum absolute atomic E-state index is 6.60. The van der Waals surface area contributed by atoms with Crippen LogP contribution in [-0.4, -0.2) is 30.6 Å². The second kappa shape index (κ2) is 5.74. The summed E-state index contributed by atoms with van der Waals surface area (Å²) in [7, 11) is 2.28. The first-order valence-corrected chi connectivity index (χ1v) is 7.90. The van der Waals surface area contributed by atoms with Gasteiger partial charge in [-0.15, -0.1) is 0 Å². The van der Waals surface area contributed by atoms with Gasteiger partial charge in [0.1, 0.15) is 5.75 Å². The zero-order chi connectivity index (χ0) is 14.1. The smallest absolute Gasteiger partial charge is 0.124 e. The molecular formula is C17H26N2O. The van der Waals surface area contributed by atoms with Crippen molar-refractivity contribution in [3.05, 3.63) is 29.8 Å². The molecule has 2 N–H and O–H groups in total. The molecule has 110 valence electrons. The van der Waals surface area contributed by atoms with Crippen molar-refractivity contribution in [3.63, 3.8) is 0 Å². The summed E-state index contributed by atoms with van der Waals surface area (Å²) in [6.07, 6.45) is 5.15. The van der Waals surface area contributed by atoms with E-state index in [0.29, 0.717) is 12.5 Å². The van der Waals surface area contributed by atoms with Crippen LogP contribution in [0.1, 0.15) is 44.2 Å². The Morgan fingerprint density at radius 2 is 1.90 bits per heavy atom. The van der Waals surface area contributed by atoms with Crippen molar-refractivity contribution in [2.45, 2.75) is 50.7 Å². The van der Waals surface area contributed by atoms with Gasteiger partial charge in [-0.3, -0.25) is 0 Å². The fourth-order valence-electron chi connectivity index (χ4n) is 4.04. The Bertz CT molecular complexity index is 448. The SMILES string of the molecule is CCOc1ccccc1C(N)C1CC2CCC(C1)N2C. The second-order valence-electron chi connectivity index (χ2n) is 6.28. The molecule has 0 saturated carbocycles. The topological polar surface area (TPSA) is 38.5 Å². The molecule has 1 aromatic rings. The molecule has 0 spiro atoms. The molecule has 3 unspecified atom stereocenters. The molecule has 3 rings (SSSR count). The highest BCUT2D eigenvalue weighted by Gasteiger charge is 2.40. The van der Waals surface area contributed by atoms with Crippen molar-refractivity contribution in [2.24, 2.45) is 11.7 Å². The second-order valence-corrected chi connectivity index (χ2v) is 6.28. The molecule has 0 aromatic heterocycles. The molecular weight excluding hydrogens is 248 g/mol. The number of fused-ring (bicyclic) bond motifs is 2. The van der Waals surface area contributed by atoms with Crippen LogP contribution in [-0.2, 0) is 0 Å². The van der Waals surface area contributed by atoms with Crippen molar-refractivity contribution in [1.29, 1.82) is 0 Å². The quantitative estimate of drug-likeness (QED) is 0.917. The van der Waals surface area contributed by atoms with Gasteiger partial charge < -0.3 is 15.4 Å². The standard InChI is InChI=1S/C17H26N2O/c1-3-20-16-7-5-4-6-15(16)17(18)12-10-13-8-9-14(11-12)19(13)2/h4-7,12-14,17H,3,8-11,18H2,1-2H3. The summed E-state index contributed by atoms with van der Waals surface area (Å²) in [4.78, 5) is 2.57. The van der Waals surface area contributed by atoms with E-state index in [4.69, 9.17) is 10.5 Å². The summed E-state index contributed by atoms with van der Waals surface area (Å²) >= 11 is 0. The summed E-state index contributed by atoms with van der Waals surface area (Å²) in [5, 5.41) is 0. The molecule has 3 atom stereocenters. The Hall–Kier alpha value is -1.06. The average molecular weight is 274 g/mol. The lowest BCUT2D eigenvalue weighted by Gasteiger charge is -2.39. The first kappa shape index (κ1) is 13.9. The Morgan fingerprint density at radius 1 is 1.25 bits per heavy atom. The van der Waals surface area contributed by atoms with E-state index in [-0.39, 0.29) is 6.04 Å². The summed E-state index contributed by atoms with van der Waals surface area (Å²) < 4.78 is 5.75. The van der Waals surface area contributed by atoms with Gasteiger partial charge in [0.15, 0.2) is 0 Å². The number of para-hydroxylation sites is 1. The molecule has 2 saturated heterocycles. The fraction of sp³-hybridized carbons (Fsp3) is 0.647. The Kier molecular flexibility index (Phi) is 3.99. The van der Waals surface area contributed by atoms with Crippen LogP contribution >= 0.6 is 0 Å². The van der Waals surface area contributed by atoms with E-state index >= 15 is 0 Å². The molecule has 3 heteroatoms. The molecule has 3 nitrogen and oxygen atoms in total. The van der Waals surface area contributed by atoms with Gasteiger partial charge in [0, 0.05) is 23.7 Å². The van der Waals surface area contributed by atoms with E-state index in [2.05, 4.69) is 24.1 Å². The Balaban J connectivity index is 1.78. The summed E-state index contributed by atoms with van der Waals surface area (Å²) in [5.74, 6) is 1.55. The van der Waals surface area contributed by atoms with Crippen LogP contribution in [0.3, 0.4) is 0 Å². The average Bonchev–Trinajstić information content (AvgIpc) is 2.68. The first-order valence-electron chi connectivity index (χ1n) is 7.90. The van der Waals surface area contributed by atoms with Crippen LogP contribution in [0.25, 0.3) is 0 Å². The van der Waals surface area contributed by atoms with E-state index in [1.54, 1.807) is 0 Å². The molecule has 2 aliphatic heterocycles. The summed E-state index contributed by atoms with van der Waals surface area (Å²) in [6.45, 7) is 2.72. The van der Waals surface area contributed by atoms with E-state index in [0.717, 1.165) is 17.8 Å². The summed E-state index contributed by atoms with van der Waals surface area (Å²) in [6, 6.07) is 9.86. The number of rotatable bonds is 4. The number of ether oxygens (including phenoxy) is 1. The van der Waals surface area contributed by atoms with Crippen LogP contribution in [0.2, 0.25) is 0 Å². The largest absolute Gasteiger partial charge is 0.494 e. The molecule has 1 aromatic carbocycles. The van der Waals surface area contributed by atoms with E-state index in [9.17, 15) is 0 Å². The van der Waals surface area contributed by atoms with Crippen LogP contribution < -0.4 is 10.5 Å². The van der Waals surface area contributed by atoms with Crippen LogP contribution in [0.15, 0.2) is 24.3 Å². The van der Waals surface area contributed by atoms with E-state index in [1.165, 1.54) is 31.2 Å². The molecule has 2 heterocycles. The van der Waals surface area contributed by atoms with Crippen molar-refractivity contribution in [3.8, 4) is 5.75 Å². The maximum Gasteiger partial charge on any atom is 0.124 e. The van der Waals surface area contributed by atoms with Crippen molar-refractivity contribution in [1.82, 2.24) is 4.90 Å². The Labute approximate surface area is 122 Å². The van der Waals surface area contributed by atoms with Gasteiger partial charge in [0.05, 0.1) is 6.61 Å². The molecule has 0 radical (unpaired) electrons. The third-order valence-electron chi connectivity index (χ3n) is 5.22. The van der Waals surface area contributed by atoms with Gasteiger partial charge in [-0.05, 0) is 51.6 Å². The maximum atomic E-state index is 6.60. The minimum absolute atomic E-state index is 0.106. The highest BCUT2D eigenvalue weighted by atomic mass is 16.5. The molecule has 2 fully saturated rings.